The van der Waals surface area contributed by atoms with E-state index in [9.17, 15) is 0 Å². The van der Waals surface area contributed by atoms with E-state index in [4.69, 9.17) is 4.42 Å². The van der Waals surface area contributed by atoms with Gasteiger partial charge in [0.25, 0.3) is 0 Å². The van der Waals surface area contributed by atoms with E-state index in [1.165, 1.54) is 120 Å². The highest BCUT2D eigenvalue weighted by atomic mass is 16.3. The van der Waals surface area contributed by atoms with Gasteiger partial charge >= 0.3 is 0 Å². The molecule has 298 valence electrons. The molecule has 0 N–H and O–H groups in total. The van der Waals surface area contributed by atoms with E-state index in [0.717, 1.165) is 32.7 Å². The third-order valence-corrected chi connectivity index (χ3v) is 14.5. The predicted octanol–water partition coefficient (Wildman–Crippen LogP) is 18.4. The summed E-state index contributed by atoms with van der Waals surface area (Å²) in [6.07, 6.45) is 0. The van der Waals surface area contributed by atoms with Gasteiger partial charge in [0.05, 0.1) is 0 Å². The van der Waals surface area contributed by atoms with Crippen molar-refractivity contribution in [1.82, 2.24) is 0 Å². The molecule has 1 heteroatoms. The molecular formula is C64H36O. The Bertz CT molecular complexity index is 4440. The van der Waals surface area contributed by atoms with E-state index in [1.54, 1.807) is 0 Å². The van der Waals surface area contributed by atoms with Gasteiger partial charge in [0.15, 0.2) is 0 Å². The van der Waals surface area contributed by atoms with Crippen LogP contribution < -0.4 is 0 Å². The van der Waals surface area contributed by atoms with Crippen LogP contribution >= 0.6 is 0 Å². The Labute approximate surface area is 373 Å². The first-order valence-corrected chi connectivity index (χ1v) is 22.6. The van der Waals surface area contributed by atoms with Crippen molar-refractivity contribution in [3.8, 4) is 44.5 Å². The van der Waals surface area contributed by atoms with Crippen LogP contribution in [0.5, 0.6) is 0 Å². The summed E-state index contributed by atoms with van der Waals surface area (Å²) in [6, 6.07) is 81.1. The zero-order chi connectivity index (χ0) is 42.3. The minimum absolute atomic E-state index is 0.906. The van der Waals surface area contributed by atoms with Crippen LogP contribution in [-0.4, -0.2) is 0 Å². The largest absolute Gasteiger partial charge is 0.455 e. The van der Waals surface area contributed by atoms with Gasteiger partial charge in [-0.1, -0.05) is 188 Å². The van der Waals surface area contributed by atoms with Crippen molar-refractivity contribution >= 4 is 108 Å². The van der Waals surface area contributed by atoms with E-state index in [-0.39, 0.29) is 0 Å². The Balaban J connectivity index is 1.01. The van der Waals surface area contributed by atoms with Crippen LogP contribution in [0.3, 0.4) is 0 Å². The van der Waals surface area contributed by atoms with E-state index in [1.807, 2.05) is 0 Å². The Morgan fingerprint density at radius 2 is 0.646 bits per heavy atom. The van der Waals surface area contributed by atoms with Gasteiger partial charge in [-0.25, -0.2) is 0 Å². The second-order valence-electron chi connectivity index (χ2n) is 17.9. The van der Waals surface area contributed by atoms with Crippen LogP contribution in [0.4, 0.5) is 0 Å². The van der Waals surface area contributed by atoms with Crippen molar-refractivity contribution in [2.75, 3.05) is 0 Å². The van der Waals surface area contributed by atoms with Crippen molar-refractivity contribution in [2.45, 2.75) is 0 Å². The lowest BCUT2D eigenvalue weighted by Crippen LogP contribution is -1.91. The second-order valence-corrected chi connectivity index (χ2v) is 17.9. The molecule has 0 saturated carbocycles. The summed E-state index contributed by atoms with van der Waals surface area (Å²) in [5, 5.41) is 22.3. The molecule has 65 heavy (non-hydrogen) atoms. The van der Waals surface area contributed by atoms with Gasteiger partial charge in [-0.05, 0) is 156 Å². The van der Waals surface area contributed by atoms with Crippen LogP contribution in [0.25, 0.3) is 153 Å². The molecule has 0 atom stereocenters. The van der Waals surface area contributed by atoms with Crippen LogP contribution in [0.15, 0.2) is 223 Å². The monoisotopic (exact) mass is 820 g/mol. The third kappa shape index (κ3) is 4.93. The fourth-order valence-electron chi connectivity index (χ4n) is 11.6. The molecular weight excluding hydrogens is 785 g/mol. The van der Waals surface area contributed by atoms with E-state index in [0.29, 0.717) is 0 Å². The molecule has 15 aromatic rings. The summed E-state index contributed by atoms with van der Waals surface area (Å²) < 4.78 is 7.07. The molecule has 0 bridgehead atoms. The van der Waals surface area contributed by atoms with Crippen molar-refractivity contribution < 1.29 is 4.42 Å². The lowest BCUT2D eigenvalue weighted by atomic mass is 9.85. The SMILES string of the molecule is c1ccc(-c2ccc3ccc4c(-c5ccc6c(c5)cc(-c5ccc7ccc8c(-c9ccccc9)ccc9ccc5c7c98)c5c7cc8ccccc8cc7oc65)ccc5ccc2c3c54)cc1. The van der Waals surface area contributed by atoms with Gasteiger partial charge in [-0.2, -0.15) is 0 Å². The number of rotatable bonds is 4. The Morgan fingerprint density at radius 3 is 1.18 bits per heavy atom. The summed E-state index contributed by atoms with van der Waals surface area (Å²) in [6.45, 7) is 0. The third-order valence-electron chi connectivity index (χ3n) is 14.5. The quantitative estimate of drug-likeness (QED) is 0.161. The van der Waals surface area contributed by atoms with Crippen LogP contribution in [0, 0.1) is 0 Å². The van der Waals surface area contributed by atoms with Crippen LogP contribution in [0.2, 0.25) is 0 Å². The summed E-state index contributed by atoms with van der Waals surface area (Å²) in [7, 11) is 0. The smallest absolute Gasteiger partial charge is 0.143 e. The molecule has 14 aromatic carbocycles. The van der Waals surface area contributed by atoms with E-state index < -0.39 is 0 Å². The number of fused-ring (bicyclic) bond motifs is 6. The topological polar surface area (TPSA) is 13.1 Å². The second kappa shape index (κ2) is 13.0. The number of hydrogen-bond acceptors (Lipinski definition) is 1. The van der Waals surface area contributed by atoms with Crippen molar-refractivity contribution in [1.29, 1.82) is 0 Å². The molecule has 15 rings (SSSR count). The summed E-state index contributed by atoms with van der Waals surface area (Å²) in [5.74, 6) is 0. The normalized spacial score (nSPS) is 12.3. The Morgan fingerprint density at radius 1 is 0.215 bits per heavy atom. The van der Waals surface area contributed by atoms with Crippen molar-refractivity contribution in [3.63, 3.8) is 0 Å². The number of furan rings is 1. The molecule has 0 radical (unpaired) electrons. The minimum atomic E-state index is 0.906. The number of benzene rings is 14. The van der Waals surface area contributed by atoms with Gasteiger partial charge < -0.3 is 4.42 Å². The molecule has 0 unspecified atom stereocenters. The average molecular weight is 821 g/mol. The number of hydrogen-bond donors (Lipinski definition) is 0. The fraction of sp³-hybridized carbons (Fsp3) is 0. The molecule has 1 heterocycles. The zero-order valence-corrected chi connectivity index (χ0v) is 35.2. The Kier molecular flexibility index (Phi) is 7.01. The maximum absolute atomic E-state index is 7.07. The summed E-state index contributed by atoms with van der Waals surface area (Å²) in [4.78, 5) is 0. The summed E-state index contributed by atoms with van der Waals surface area (Å²) in [5.41, 5.74) is 11.6. The standard InChI is InChI=1S/C64H36O/c1-3-9-37(10-4-1)47-24-15-39-21-31-54-49(26-17-41-19-29-52(47)59(39)61(41)54)45-23-27-50-46(33-45)35-56(63-57-34-43-13-7-8-14-44(43)36-58(57)65-64(50)63)51-28-18-42-20-30-53-48(38-11-5-2-6-12-38)25-16-40-22-32-55(51)62(42)60(40)53/h1-36H. The van der Waals surface area contributed by atoms with Crippen molar-refractivity contribution in [3.05, 3.63) is 218 Å². The van der Waals surface area contributed by atoms with Gasteiger partial charge in [0.1, 0.15) is 11.2 Å². The van der Waals surface area contributed by atoms with Gasteiger partial charge in [0, 0.05) is 16.2 Å². The van der Waals surface area contributed by atoms with Gasteiger partial charge in [-0.3, -0.25) is 0 Å². The molecule has 0 saturated heterocycles. The zero-order valence-electron chi connectivity index (χ0n) is 35.2. The van der Waals surface area contributed by atoms with Crippen LogP contribution in [0.1, 0.15) is 0 Å². The maximum atomic E-state index is 7.07. The van der Waals surface area contributed by atoms with E-state index in [2.05, 4.69) is 218 Å². The maximum Gasteiger partial charge on any atom is 0.143 e. The summed E-state index contributed by atoms with van der Waals surface area (Å²) >= 11 is 0. The van der Waals surface area contributed by atoms with Gasteiger partial charge in [-0.15, -0.1) is 0 Å². The predicted molar refractivity (Wildman–Crippen MR) is 278 cm³/mol. The van der Waals surface area contributed by atoms with Crippen LogP contribution in [-0.2, 0) is 0 Å². The molecule has 1 nitrogen and oxygen atoms in total. The first-order valence-electron chi connectivity index (χ1n) is 22.6. The highest BCUT2D eigenvalue weighted by Crippen LogP contribution is 2.49. The van der Waals surface area contributed by atoms with Crippen molar-refractivity contribution in [2.24, 2.45) is 0 Å². The first kappa shape index (κ1) is 35.0. The fourth-order valence-corrected chi connectivity index (χ4v) is 11.6. The average Bonchev–Trinajstić information content (AvgIpc) is 3.75. The molecule has 0 spiro atoms. The molecule has 1 aromatic heterocycles. The highest BCUT2D eigenvalue weighted by Gasteiger charge is 2.22. The molecule has 0 amide bonds. The Hall–Kier alpha value is -8.52. The van der Waals surface area contributed by atoms with Gasteiger partial charge in [0.2, 0.25) is 0 Å². The molecule has 0 aliphatic heterocycles. The lowest BCUT2D eigenvalue weighted by Gasteiger charge is -2.18. The van der Waals surface area contributed by atoms with E-state index >= 15 is 0 Å². The highest BCUT2D eigenvalue weighted by molar-refractivity contribution is 6.31. The molecule has 0 aliphatic rings. The molecule has 0 aliphatic carbocycles. The molecule has 0 fully saturated rings. The first-order chi connectivity index (χ1) is 32.2. The minimum Gasteiger partial charge on any atom is -0.455 e. The lowest BCUT2D eigenvalue weighted by molar-refractivity contribution is 0.673.